The number of phenolic OH excluding ortho intramolecular Hbond substituents is 1. The molecule has 0 saturated heterocycles. The topological polar surface area (TPSA) is 134 Å². The molecule has 3 rings (SSSR count). The van der Waals surface area contributed by atoms with Crippen molar-refractivity contribution in [2.45, 2.75) is 137 Å². The lowest BCUT2D eigenvalue weighted by Crippen LogP contribution is -2.57. The molecule has 10 heteroatoms. The zero-order valence-corrected chi connectivity index (χ0v) is 34.0. The van der Waals surface area contributed by atoms with E-state index < -0.39 is 59.2 Å². The summed E-state index contributed by atoms with van der Waals surface area (Å²) >= 11 is 0. The second-order valence-electron chi connectivity index (χ2n) is 16.6. The van der Waals surface area contributed by atoms with Crippen LogP contribution in [0.25, 0.3) is 0 Å². The maximum absolute atomic E-state index is 15.3. The number of benzene rings is 3. The fourth-order valence-corrected chi connectivity index (χ4v) is 6.33. The molecule has 3 N–H and O–H groups in total. The van der Waals surface area contributed by atoms with Crippen LogP contribution in [0.3, 0.4) is 0 Å². The summed E-state index contributed by atoms with van der Waals surface area (Å²) in [5.41, 5.74) is 2.06. The molecule has 0 radical (unpaired) electrons. The van der Waals surface area contributed by atoms with E-state index in [-0.39, 0.29) is 18.6 Å². The average molecular weight is 744 g/mol. The van der Waals surface area contributed by atoms with Crippen LogP contribution in [0.5, 0.6) is 5.75 Å². The Morgan fingerprint density at radius 1 is 0.685 bits per heavy atom. The van der Waals surface area contributed by atoms with Crippen LogP contribution >= 0.6 is 0 Å². The molecular formula is C44H61N3O7. The molecule has 0 heterocycles. The highest BCUT2D eigenvalue weighted by molar-refractivity contribution is 5.94. The molecule has 0 spiro atoms. The average Bonchev–Trinajstić information content (AvgIpc) is 3.05. The maximum atomic E-state index is 15.3. The fourth-order valence-electron chi connectivity index (χ4n) is 6.33. The van der Waals surface area contributed by atoms with E-state index in [0.717, 1.165) is 23.1 Å². The number of ether oxygens (including phenoxy) is 2. The minimum atomic E-state index is -1.19. The van der Waals surface area contributed by atoms with Crippen LogP contribution in [-0.2, 0) is 36.7 Å². The van der Waals surface area contributed by atoms with Crippen LogP contribution in [0.1, 0.15) is 109 Å². The molecule has 10 nitrogen and oxygen atoms in total. The predicted octanol–water partition coefficient (Wildman–Crippen LogP) is 7.91. The molecule has 294 valence electrons. The van der Waals surface area contributed by atoms with Gasteiger partial charge < -0.3 is 30.1 Å². The minimum absolute atomic E-state index is 0.0569. The lowest BCUT2D eigenvalue weighted by Gasteiger charge is -2.40. The number of nitrogens with zero attached hydrogens (tertiary/aromatic N) is 1. The van der Waals surface area contributed by atoms with Crippen LogP contribution in [0.2, 0.25) is 0 Å². The SMILES string of the molecule is Cc1cccc(C)c1C(C(=O)NC(Cc1ccccc1)C(=O)OC(C)(C)C)N(C(=O)C(Cc1ccc(O)cc1)NC(=O)OC(C)(C)C)C(C)CCC(C)C. The zero-order valence-electron chi connectivity index (χ0n) is 34.0. The van der Waals surface area contributed by atoms with Gasteiger partial charge in [-0.25, -0.2) is 9.59 Å². The van der Waals surface area contributed by atoms with Crippen LogP contribution in [0.15, 0.2) is 72.8 Å². The Morgan fingerprint density at radius 3 is 1.76 bits per heavy atom. The van der Waals surface area contributed by atoms with E-state index in [4.69, 9.17) is 9.47 Å². The molecule has 3 amide bonds. The van der Waals surface area contributed by atoms with E-state index in [1.54, 1.807) is 58.6 Å². The van der Waals surface area contributed by atoms with Crippen molar-refractivity contribution in [1.82, 2.24) is 15.5 Å². The van der Waals surface area contributed by atoms with Crippen molar-refractivity contribution in [2.24, 2.45) is 5.92 Å². The van der Waals surface area contributed by atoms with E-state index >= 15 is 9.59 Å². The lowest BCUT2D eigenvalue weighted by atomic mass is 9.90. The van der Waals surface area contributed by atoms with Gasteiger partial charge in [-0.05, 0) is 121 Å². The second-order valence-corrected chi connectivity index (χ2v) is 16.6. The van der Waals surface area contributed by atoms with Gasteiger partial charge in [-0.15, -0.1) is 0 Å². The third-order valence-corrected chi connectivity index (χ3v) is 8.89. The number of rotatable bonds is 15. The first kappa shape index (κ1) is 43.5. The lowest BCUT2D eigenvalue weighted by molar-refractivity contribution is -0.159. The Balaban J connectivity index is 2.24. The molecule has 0 bridgehead atoms. The summed E-state index contributed by atoms with van der Waals surface area (Å²) < 4.78 is 11.4. The van der Waals surface area contributed by atoms with Crippen LogP contribution in [0.4, 0.5) is 4.79 Å². The van der Waals surface area contributed by atoms with Gasteiger partial charge in [0.05, 0.1) is 0 Å². The molecule has 54 heavy (non-hydrogen) atoms. The first-order valence-electron chi connectivity index (χ1n) is 18.9. The van der Waals surface area contributed by atoms with Gasteiger partial charge in [0.1, 0.15) is 35.1 Å². The summed E-state index contributed by atoms with van der Waals surface area (Å²) in [7, 11) is 0. The van der Waals surface area contributed by atoms with Gasteiger partial charge in [0.2, 0.25) is 11.8 Å². The molecule has 0 aromatic heterocycles. The van der Waals surface area contributed by atoms with Crippen LogP contribution < -0.4 is 10.6 Å². The van der Waals surface area contributed by atoms with Gasteiger partial charge in [0.25, 0.3) is 0 Å². The van der Waals surface area contributed by atoms with Gasteiger partial charge in [0.15, 0.2) is 0 Å². The molecule has 0 aliphatic heterocycles. The highest BCUT2D eigenvalue weighted by atomic mass is 16.6. The number of alkyl carbamates (subject to hydrolysis) is 1. The van der Waals surface area contributed by atoms with Crippen molar-refractivity contribution in [1.29, 1.82) is 0 Å². The van der Waals surface area contributed by atoms with Crippen molar-refractivity contribution in [3.63, 3.8) is 0 Å². The fraction of sp³-hybridized carbons (Fsp3) is 0.500. The zero-order chi connectivity index (χ0) is 40.4. The number of amides is 3. The monoisotopic (exact) mass is 743 g/mol. The summed E-state index contributed by atoms with van der Waals surface area (Å²) in [6.07, 6.45) is 0.775. The van der Waals surface area contributed by atoms with E-state index in [2.05, 4.69) is 24.5 Å². The van der Waals surface area contributed by atoms with Gasteiger partial charge in [-0.2, -0.15) is 0 Å². The summed E-state index contributed by atoms with van der Waals surface area (Å²) in [5, 5.41) is 15.8. The molecule has 0 fully saturated rings. The Kier molecular flexibility index (Phi) is 15.3. The first-order valence-corrected chi connectivity index (χ1v) is 18.9. The maximum Gasteiger partial charge on any atom is 0.408 e. The third-order valence-electron chi connectivity index (χ3n) is 8.89. The molecule has 0 aliphatic rings. The molecule has 0 aliphatic carbocycles. The summed E-state index contributed by atoms with van der Waals surface area (Å²) in [6.45, 7) is 20.4. The van der Waals surface area contributed by atoms with Crippen molar-refractivity contribution in [3.05, 3.63) is 101 Å². The molecule has 3 aromatic rings. The number of carbonyl (C=O) groups excluding carboxylic acids is 4. The molecular weight excluding hydrogens is 682 g/mol. The summed E-state index contributed by atoms with van der Waals surface area (Å²) in [6, 6.07) is 17.6. The number of esters is 1. The van der Waals surface area contributed by atoms with E-state index in [0.29, 0.717) is 23.5 Å². The van der Waals surface area contributed by atoms with E-state index in [1.165, 1.54) is 12.1 Å². The van der Waals surface area contributed by atoms with Crippen molar-refractivity contribution < 1.29 is 33.8 Å². The molecule has 4 unspecified atom stereocenters. The summed E-state index contributed by atoms with van der Waals surface area (Å²) in [4.78, 5) is 59.1. The van der Waals surface area contributed by atoms with E-state index in [1.807, 2.05) is 69.3 Å². The number of hydrogen-bond donors (Lipinski definition) is 3. The largest absolute Gasteiger partial charge is 0.508 e. The van der Waals surface area contributed by atoms with Crippen molar-refractivity contribution >= 4 is 23.9 Å². The van der Waals surface area contributed by atoms with Crippen LogP contribution in [-0.4, -0.2) is 63.2 Å². The first-order chi connectivity index (χ1) is 25.1. The van der Waals surface area contributed by atoms with Gasteiger partial charge >= 0.3 is 12.1 Å². The van der Waals surface area contributed by atoms with Crippen molar-refractivity contribution in [3.8, 4) is 5.75 Å². The highest BCUT2D eigenvalue weighted by Crippen LogP contribution is 2.32. The second kappa shape index (κ2) is 18.9. The predicted molar refractivity (Wildman–Crippen MR) is 212 cm³/mol. The number of carbonyl (C=O) groups is 4. The third kappa shape index (κ3) is 13.5. The number of aryl methyl sites for hydroxylation is 2. The van der Waals surface area contributed by atoms with Gasteiger partial charge in [-0.3, -0.25) is 9.59 Å². The smallest absolute Gasteiger partial charge is 0.408 e. The van der Waals surface area contributed by atoms with Gasteiger partial charge in [0, 0.05) is 18.9 Å². The quantitative estimate of drug-likeness (QED) is 0.135. The van der Waals surface area contributed by atoms with Crippen molar-refractivity contribution in [2.75, 3.05) is 0 Å². The Bertz CT molecular complexity index is 1690. The molecule has 3 aromatic carbocycles. The van der Waals surface area contributed by atoms with E-state index in [9.17, 15) is 14.7 Å². The number of phenols is 1. The summed E-state index contributed by atoms with van der Waals surface area (Å²) in [5.74, 6) is -1.27. The Hall–Kier alpha value is -4.86. The number of nitrogens with one attached hydrogen (secondary N) is 2. The number of aromatic hydroxyl groups is 1. The minimum Gasteiger partial charge on any atom is -0.508 e. The standard InChI is InChI=1S/C44H61N3O7/c1-28(2)20-21-31(5)47(40(50)35(46-42(52)54-44(9,10)11)26-33-22-24-34(48)25-23-33)38(37-29(3)16-15-17-30(37)4)39(49)45-36(41(51)53-43(6,7)8)27-32-18-13-12-14-19-32/h12-19,22-25,28,31,35-36,38,48H,20-21,26-27H2,1-11H3,(H,45,49)(H,46,52). The number of hydrogen-bond acceptors (Lipinski definition) is 7. The van der Waals surface area contributed by atoms with Crippen LogP contribution in [0, 0.1) is 19.8 Å². The van der Waals surface area contributed by atoms with Gasteiger partial charge in [-0.1, -0.05) is 74.5 Å². The Morgan fingerprint density at radius 2 is 1.22 bits per heavy atom. The normalized spacial score (nSPS) is 14.0. The molecule has 0 saturated carbocycles. The Labute approximate surface area is 322 Å². The molecule has 4 atom stereocenters. The highest BCUT2D eigenvalue weighted by Gasteiger charge is 2.41.